The Kier molecular flexibility index (Phi) is 11.4. The average Bonchev–Trinajstić information content (AvgIpc) is 3.01. The number of hydrogen-bond acceptors (Lipinski definition) is 7. The standard InChI is InChI=1S/C35H56N6O4/c1-22-16-23(2)38-35(44)32(22)20-37-34(43)31-17-27(26-6-7-29(36-19-26)21-41-12-14-45-15-13-41)18-33(24(31)3)40(5)30-10-8-28(9-11-30)39-25(4)42/h17-18,22-23,26,28-30,32,36H,6-16,19-21H2,1-5H3,(H,37,43)(H,38,44)(H,39,42)/t22?,23?,26?,28-,29?,30-,32?. The van der Waals surface area contributed by atoms with Crippen LogP contribution in [0, 0.1) is 18.8 Å². The first-order valence-electron chi connectivity index (χ1n) is 17.4. The molecule has 5 rings (SSSR count). The number of nitrogens with zero attached hydrogens (tertiary/aromatic N) is 2. The molecular weight excluding hydrogens is 568 g/mol. The van der Waals surface area contributed by atoms with Gasteiger partial charge in [0.1, 0.15) is 0 Å². The summed E-state index contributed by atoms with van der Waals surface area (Å²) in [5, 5.41) is 13.1. The molecular formula is C35H56N6O4. The predicted octanol–water partition coefficient (Wildman–Crippen LogP) is 2.94. The molecule has 3 saturated heterocycles. The summed E-state index contributed by atoms with van der Waals surface area (Å²) in [6.45, 7) is 13.7. The van der Waals surface area contributed by atoms with E-state index in [2.05, 4.69) is 64.1 Å². The maximum absolute atomic E-state index is 13.9. The van der Waals surface area contributed by atoms with Crippen LogP contribution in [0.4, 0.5) is 5.69 Å². The highest BCUT2D eigenvalue weighted by molar-refractivity contribution is 5.97. The van der Waals surface area contributed by atoms with Crippen LogP contribution in [-0.4, -0.2) is 99.8 Å². The van der Waals surface area contributed by atoms with Gasteiger partial charge in [-0.25, -0.2) is 0 Å². The van der Waals surface area contributed by atoms with Gasteiger partial charge >= 0.3 is 0 Å². The van der Waals surface area contributed by atoms with Gasteiger partial charge in [0, 0.05) is 82.1 Å². The Labute approximate surface area is 269 Å². The summed E-state index contributed by atoms with van der Waals surface area (Å²) in [5.74, 6) is 0.281. The summed E-state index contributed by atoms with van der Waals surface area (Å²) in [6, 6.07) is 5.65. The third-order valence-electron chi connectivity index (χ3n) is 10.9. The van der Waals surface area contributed by atoms with E-state index in [0.29, 0.717) is 30.1 Å². The van der Waals surface area contributed by atoms with Gasteiger partial charge in [0.25, 0.3) is 5.91 Å². The van der Waals surface area contributed by atoms with Gasteiger partial charge < -0.3 is 30.9 Å². The molecule has 10 nitrogen and oxygen atoms in total. The van der Waals surface area contributed by atoms with E-state index < -0.39 is 0 Å². The van der Waals surface area contributed by atoms with Crippen molar-refractivity contribution in [3.63, 3.8) is 0 Å². The first-order valence-corrected chi connectivity index (χ1v) is 17.4. The van der Waals surface area contributed by atoms with Crippen LogP contribution >= 0.6 is 0 Å². The third-order valence-corrected chi connectivity index (χ3v) is 10.9. The number of anilines is 1. The molecule has 5 atom stereocenters. The Morgan fingerprint density at radius 1 is 1.07 bits per heavy atom. The zero-order chi connectivity index (χ0) is 32.1. The monoisotopic (exact) mass is 624 g/mol. The van der Waals surface area contributed by atoms with Crippen molar-refractivity contribution in [3.05, 3.63) is 28.8 Å². The van der Waals surface area contributed by atoms with E-state index in [1.807, 2.05) is 6.92 Å². The molecule has 1 aromatic carbocycles. The molecule has 4 aliphatic rings. The average molecular weight is 625 g/mol. The minimum Gasteiger partial charge on any atom is -0.379 e. The predicted molar refractivity (Wildman–Crippen MR) is 178 cm³/mol. The van der Waals surface area contributed by atoms with Gasteiger partial charge in [-0.15, -0.1) is 0 Å². The van der Waals surface area contributed by atoms with E-state index in [1.165, 1.54) is 5.56 Å². The van der Waals surface area contributed by atoms with Crippen molar-refractivity contribution in [2.24, 2.45) is 11.8 Å². The van der Waals surface area contributed by atoms with Crippen molar-refractivity contribution < 1.29 is 19.1 Å². The van der Waals surface area contributed by atoms with Gasteiger partial charge in [-0.3, -0.25) is 19.3 Å². The zero-order valence-electron chi connectivity index (χ0n) is 28.1. The van der Waals surface area contributed by atoms with Crippen LogP contribution in [0.5, 0.6) is 0 Å². The Bertz CT molecular complexity index is 1190. The number of morpholine rings is 1. The second kappa shape index (κ2) is 15.3. The number of rotatable bonds is 9. The maximum Gasteiger partial charge on any atom is 0.251 e. The fourth-order valence-electron chi connectivity index (χ4n) is 8.08. The molecule has 1 aliphatic carbocycles. The summed E-state index contributed by atoms with van der Waals surface area (Å²) < 4.78 is 5.53. The summed E-state index contributed by atoms with van der Waals surface area (Å²) in [5.41, 5.74) is 3.99. The number of hydrogen-bond donors (Lipinski definition) is 4. The van der Waals surface area contributed by atoms with Crippen LogP contribution in [0.3, 0.4) is 0 Å². The van der Waals surface area contributed by atoms with E-state index in [0.717, 1.165) is 95.6 Å². The fourth-order valence-corrected chi connectivity index (χ4v) is 8.08. The molecule has 0 aromatic heterocycles. The van der Waals surface area contributed by atoms with Crippen molar-refractivity contribution in [3.8, 4) is 0 Å². The van der Waals surface area contributed by atoms with E-state index in [9.17, 15) is 14.4 Å². The molecule has 4 N–H and O–H groups in total. The normalized spacial score (nSPS) is 31.1. The minimum atomic E-state index is -0.222. The van der Waals surface area contributed by atoms with Gasteiger partial charge in [-0.2, -0.15) is 0 Å². The molecule has 3 amide bonds. The molecule has 0 radical (unpaired) electrons. The molecule has 45 heavy (non-hydrogen) atoms. The molecule has 250 valence electrons. The molecule has 0 spiro atoms. The number of carbonyl (C=O) groups is 3. The molecule has 1 aromatic rings. The topological polar surface area (TPSA) is 115 Å². The van der Waals surface area contributed by atoms with Crippen LogP contribution in [-0.2, 0) is 14.3 Å². The number of amides is 3. The third kappa shape index (κ3) is 8.57. The highest BCUT2D eigenvalue weighted by Crippen LogP contribution is 2.35. The van der Waals surface area contributed by atoms with E-state index in [4.69, 9.17) is 4.74 Å². The maximum atomic E-state index is 13.9. The van der Waals surface area contributed by atoms with Crippen molar-refractivity contribution >= 4 is 23.4 Å². The lowest BCUT2D eigenvalue weighted by atomic mass is 9.84. The number of piperidine rings is 2. The molecule has 5 unspecified atom stereocenters. The minimum absolute atomic E-state index is 0.0298. The molecule has 3 aliphatic heterocycles. The van der Waals surface area contributed by atoms with E-state index in [1.54, 1.807) is 6.92 Å². The summed E-state index contributed by atoms with van der Waals surface area (Å²) in [7, 11) is 2.16. The lowest BCUT2D eigenvalue weighted by molar-refractivity contribution is -0.129. The lowest BCUT2D eigenvalue weighted by Crippen LogP contribution is -2.50. The summed E-state index contributed by atoms with van der Waals surface area (Å²) >= 11 is 0. The van der Waals surface area contributed by atoms with Crippen LogP contribution in [0.1, 0.15) is 93.1 Å². The van der Waals surface area contributed by atoms with Crippen molar-refractivity contribution in [1.29, 1.82) is 0 Å². The Balaban J connectivity index is 1.32. The van der Waals surface area contributed by atoms with E-state index >= 15 is 0 Å². The second-order valence-corrected chi connectivity index (χ2v) is 14.3. The first-order chi connectivity index (χ1) is 21.6. The lowest BCUT2D eigenvalue weighted by Gasteiger charge is -2.38. The van der Waals surface area contributed by atoms with Crippen LogP contribution in [0.2, 0.25) is 0 Å². The number of benzene rings is 1. The van der Waals surface area contributed by atoms with Crippen molar-refractivity contribution in [2.45, 2.75) is 103 Å². The van der Waals surface area contributed by atoms with Gasteiger partial charge in [-0.05, 0) is 93.9 Å². The van der Waals surface area contributed by atoms with Crippen molar-refractivity contribution in [2.75, 3.05) is 57.9 Å². The molecule has 1 saturated carbocycles. The fraction of sp³-hybridized carbons (Fsp3) is 0.743. The Morgan fingerprint density at radius 3 is 2.44 bits per heavy atom. The largest absolute Gasteiger partial charge is 0.379 e. The number of ether oxygens (including phenoxy) is 1. The smallest absolute Gasteiger partial charge is 0.251 e. The van der Waals surface area contributed by atoms with Crippen LogP contribution in [0.25, 0.3) is 0 Å². The molecule has 3 heterocycles. The van der Waals surface area contributed by atoms with Crippen LogP contribution < -0.4 is 26.2 Å². The summed E-state index contributed by atoms with van der Waals surface area (Å²) in [6.07, 6.45) is 7.00. The molecule has 0 bridgehead atoms. The molecule has 10 heteroatoms. The van der Waals surface area contributed by atoms with Crippen molar-refractivity contribution in [1.82, 2.24) is 26.2 Å². The van der Waals surface area contributed by atoms with Gasteiger partial charge in [0.15, 0.2) is 0 Å². The van der Waals surface area contributed by atoms with Gasteiger partial charge in [-0.1, -0.05) is 6.92 Å². The van der Waals surface area contributed by atoms with Crippen LogP contribution in [0.15, 0.2) is 12.1 Å². The van der Waals surface area contributed by atoms with Gasteiger partial charge in [0.2, 0.25) is 11.8 Å². The SMILES string of the molecule is CC(=O)N[C@H]1CC[C@H](N(C)c2cc(C3CCC(CN4CCOCC4)NC3)cc(C(=O)NCC3C(=O)NC(C)CC3C)c2C)CC1. The van der Waals surface area contributed by atoms with Gasteiger partial charge in [0.05, 0.1) is 19.1 Å². The molecule has 4 fully saturated rings. The Morgan fingerprint density at radius 2 is 1.80 bits per heavy atom. The highest BCUT2D eigenvalue weighted by Gasteiger charge is 2.33. The van der Waals surface area contributed by atoms with E-state index in [-0.39, 0.29) is 41.6 Å². The Hall–Kier alpha value is -2.69. The summed E-state index contributed by atoms with van der Waals surface area (Å²) in [4.78, 5) is 43.1. The quantitative estimate of drug-likeness (QED) is 0.334. The highest BCUT2D eigenvalue weighted by atomic mass is 16.5. The number of carbonyl (C=O) groups excluding carboxylic acids is 3. The number of nitrogens with one attached hydrogen (secondary N) is 4. The second-order valence-electron chi connectivity index (χ2n) is 14.3. The zero-order valence-corrected chi connectivity index (χ0v) is 28.1. The first kappa shape index (κ1) is 33.7.